The van der Waals surface area contributed by atoms with Gasteiger partial charge in [0.15, 0.2) is 0 Å². The third kappa shape index (κ3) is 3.42. The molecule has 0 saturated carbocycles. The van der Waals surface area contributed by atoms with Gasteiger partial charge in [0.2, 0.25) is 0 Å². The monoisotopic (exact) mass is 296 g/mol. The lowest BCUT2D eigenvalue weighted by molar-refractivity contribution is -0.130. The molecule has 2 aromatic rings. The van der Waals surface area contributed by atoms with Crippen molar-refractivity contribution in [1.29, 1.82) is 0 Å². The van der Waals surface area contributed by atoms with Crippen LogP contribution in [0.2, 0.25) is 0 Å². The standard InChI is InChI=1S/C19H20O3/c1-13(20)18(14(2)21)19(15-8-5-4-6-9-15)16-10-7-11-17(12-16)22-3/h4-12,18-19H,1-3H3. The fraction of sp³-hybridized carbons (Fsp3) is 0.263. The van der Waals surface area contributed by atoms with E-state index < -0.39 is 5.92 Å². The van der Waals surface area contributed by atoms with Crippen LogP contribution in [0.5, 0.6) is 5.75 Å². The van der Waals surface area contributed by atoms with Crippen LogP contribution in [-0.4, -0.2) is 18.7 Å². The first-order valence-corrected chi connectivity index (χ1v) is 7.24. The van der Waals surface area contributed by atoms with Crippen molar-refractivity contribution in [2.75, 3.05) is 7.11 Å². The maximum atomic E-state index is 12.1. The van der Waals surface area contributed by atoms with E-state index in [-0.39, 0.29) is 17.5 Å². The molecule has 0 aliphatic rings. The Hall–Kier alpha value is -2.42. The molecule has 3 nitrogen and oxygen atoms in total. The first-order valence-electron chi connectivity index (χ1n) is 7.24. The zero-order chi connectivity index (χ0) is 16.1. The smallest absolute Gasteiger partial charge is 0.141 e. The van der Waals surface area contributed by atoms with Gasteiger partial charge in [0.1, 0.15) is 17.3 Å². The summed E-state index contributed by atoms with van der Waals surface area (Å²) >= 11 is 0. The van der Waals surface area contributed by atoms with Crippen molar-refractivity contribution < 1.29 is 14.3 Å². The molecule has 0 bridgehead atoms. The van der Waals surface area contributed by atoms with Gasteiger partial charge in [-0.25, -0.2) is 0 Å². The zero-order valence-electron chi connectivity index (χ0n) is 13.1. The molecule has 114 valence electrons. The van der Waals surface area contributed by atoms with Gasteiger partial charge in [-0.2, -0.15) is 0 Å². The number of carbonyl (C=O) groups is 2. The van der Waals surface area contributed by atoms with E-state index in [1.165, 1.54) is 13.8 Å². The summed E-state index contributed by atoms with van der Waals surface area (Å²) in [5.74, 6) is -0.515. The van der Waals surface area contributed by atoms with Crippen LogP contribution in [-0.2, 0) is 9.59 Å². The molecule has 0 saturated heterocycles. The van der Waals surface area contributed by atoms with E-state index >= 15 is 0 Å². The Morgan fingerprint density at radius 3 is 2.00 bits per heavy atom. The summed E-state index contributed by atoms with van der Waals surface area (Å²) in [5, 5.41) is 0. The second-order valence-electron chi connectivity index (χ2n) is 5.36. The highest BCUT2D eigenvalue weighted by molar-refractivity contribution is 6.01. The maximum Gasteiger partial charge on any atom is 0.141 e. The number of methoxy groups -OCH3 is 1. The van der Waals surface area contributed by atoms with Crippen LogP contribution in [0.4, 0.5) is 0 Å². The highest BCUT2D eigenvalue weighted by Crippen LogP contribution is 2.34. The Morgan fingerprint density at radius 2 is 1.45 bits per heavy atom. The Kier molecular flexibility index (Phi) is 5.10. The molecule has 0 radical (unpaired) electrons. The Bertz CT molecular complexity index is 647. The van der Waals surface area contributed by atoms with Crippen molar-refractivity contribution in [3.8, 4) is 5.75 Å². The highest BCUT2D eigenvalue weighted by Gasteiger charge is 2.32. The van der Waals surface area contributed by atoms with Crippen molar-refractivity contribution in [2.24, 2.45) is 5.92 Å². The van der Waals surface area contributed by atoms with Gasteiger partial charge in [-0.3, -0.25) is 9.59 Å². The average molecular weight is 296 g/mol. The second kappa shape index (κ2) is 7.03. The molecule has 0 aromatic heterocycles. The number of ether oxygens (including phenoxy) is 1. The molecule has 2 aromatic carbocycles. The molecule has 0 aliphatic carbocycles. The molecule has 0 heterocycles. The van der Waals surface area contributed by atoms with Crippen molar-refractivity contribution in [2.45, 2.75) is 19.8 Å². The molecular formula is C19H20O3. The summed E-state index contributed by atoms with van der Waals surface area (Å²) in [6.45, 7) is 2.95. The van der Waals surface area contributed by atoms with E-state index in [1.807, 2.05) is 54.6 Å². The minimum atomic E-state index is -0.686. The van der Waals surface area contributed by atoms with Gasteiger partial charge in [-0.1, -0.05) is 42.5 Å². The number of rotatable bonds is 6. The summed E-state index contributed by atoms with van der Waals surface area (Å²) in [7, 11) is 1.60. The molecule has 22 heavy (non-hydrogen) atoms. The number of benzene rings is 2. The third-order valence-corrected chi connectivity index (χ3v) is 3.82. The normalized spacial score (nSPS) is 12.0. The minimum Gasteiger partial charge on any atom is -0.497 e. The van der Waals surface area contributed by atoms with Crippen LogP contribution < -0.4 is 4.74 Å². The Morgan fingerprint density at radius 1 is 0.864 bits per heavy atom. The molecule has 0 amide bonds. The summed E-state index contributed by atoms with van der Waals surface area (Å²) in [4.78, 5) is 24.2. The lowest BCUT2D eigenvalue weighted by atomic mass is 9.77. The fourth-order valence-corrected chi connectivity index (χ4v) is 2.83. The van der Waals surface area contributed by atoms with Gasteiger partial charge in [-0.15, -0.1) is 0 Å². The molecular weight excluding hydrogens is 276 g/mol. The zero-order valence-corrected chi connectivity index (χ0v) is 13.1. The number of carbonyl (C=O) groups excluding carboxylic acids is 2. The number of ketones is 2. The van der Waals surface area contributed by atoms with Crippen LogP contribution in [0, 0.1) is 5.92 Å². The first kappa shape index (κ1) is 16.0. The van der Waals surface area contributed by atoms with Crippen LogP contribution in [0.1, 0.15) is 30.9 Å². The van der Waals surface area contributed by atoms with E-state index in [4.69, 9.17) is 4.74 Å². The Labute approximate surface area is 130 Å². The predicted molar refractivity (Wildman–Crippen MR) is 86.1 cm³/mol. The van der Waals surface area contributed by atoms with Crippen LogP contribution in [0.25, 0.3) is 0 Å². The van der Waals surface area contributed by atoms with E-state index in [0.29, 0.717) is 5.75 Å². The molecule has 0 fully saturated rings. The average Bonchev–Trinajstić information content (AvgIpc) is 2.52. The quantitative estimate of drug-likeness (QED) is 0.765. The third-order valence-electron chi connectivity index (χ3n) is 3.82. The molecule has 2 rings (SSSR count). The van der Waals surface area contributed by atoms with E-state index in [9.17, 15) is 9.59 Å². The topological polar surface area (TPSA) is 43.4 Å². The molecule has 0 spiro atoms. The minimum absolute atomic E-state index is 0.121. The second-order valence-corrected chi connectivity index (χ2v) is 5.36. The van der Waals surface area contributed by atoms with Crippen LogP contribution in [0.3, 0.4) is 0 Å². The predicted octanol–water partition coefficient (Wildman–Crippen LogP) is 3.62. The first-order chi connectivity index (χ1) is 10.5. The Balaban J connectivity index is 2.59. The number of hydrogen-bond acceptors (Lipinski definition) is 3. The molecule has 1 atom stereocenters. The fourth-order valence-electron chi connectivity index (χ4n) is 2.83. The summed E-state index contributed by atoms with van der Waals surface area (Å²) in [6, 6.07) is 17.2. The summed E-state index contributed by atoms with van der Waals surface area (Å²) in [5.41, 5.74) is 1.85. The van der Waals surface area contributed by atoms with E-state index in [2.05, 4.69) is 0 Å². The van der Waals surface area contributed by atoms with Gasteiger partial charge in [0.25, 0.3) is 0 Å². The lowest BCUT2D eigenvalue weighted by Gasteiger charge is -2.24. The molecule has 3 heteroatoms. The van der Waals surface area contributed by atoms with Crippen LogP contribution >= 0.6 is 0 Å². The largest absolute Gasteiger partial charge is 0.497 e. The number of hydrogen-bond donors (Lipinski definition) is 0. The SMILES string of the molecule is COc1cccc(C(c2ccccc2)C(C(C)=O)C(C)=O)c1. The van der Waals surface area contributed by atoms with Gasteiger partial charge in [0.05, 0.1) is 13.0 Å². The van der Waals surface area contributed by atoms with Crippen molar-refractivity contribution in [3.05, 3.63) is 65.7 Å². The maximum absolute atomic E-state index is 12.1. The lowest BCUT2D eigenvalue weighted by Crippen LogP contribution is -2.27. The van der Waals surface area contributed by atoms with Crippen molar-refractivity contribution >= 4 is 11.6 Å². The van der Waals surface area contributed by atoms with Crippen LogP contribution in [0.15, 0.2) is 54.6 Å². The summed E-state index contributed by atoms with van der Waals surface area (Å²) < 4.78 is 5.27. The van der Waals surface area contributed by atoms with Gasteiger partial charge in [-0.05, 0) is 37.1 Å². The van der Waals surface area contributed by atoms with E-state index in [1.54, 1.807) is 7.11 Å². The number of Topliss-reactive ketones (excluding diaryl/α,β-unsaturated/α-hetero) is 2. The molecule has 1 unspecified atom stereocenters. The van der Waals surface area contributed by atoms with Gasteiger partial charge >= 0.3 is 0 Å². The van der Waals surface area contributed by atoms with Crippen molar-refractivity contribution in [1.82, 2.24) is 0 Å². The van der Waals surface area contributed by atoms with Crippen molar-refractivity contribution in [3.63, 3.8) is 0 Å². The van der Waals surface area contributed by atoms with E-state index in [0.717, 1.165) is 11.1 Å². The van der Waals surface area contributed by atoms with Gasteiger partial charge in [0, 0.05) is 5.92 Å². The molecule has 0 aliphatic heterocycles. The molecule has 0 N–H and O–H groups in total. The highest BCUT2D eigenvalue weighted by atomic mass is 16.5. The van der Waals surface area contributed by atoms with Gasteiger partial charge < -0.3 is 4.74 Å². The summed E-state index contributed by atoms with van der Waals surface area (Å²) in [6.07, 6.45) is 0.